The van der Waals surface area contributed by atoms with E-state index < -0.39 is 17.8 Å². The molecule has 0 spiro atoms. The molecule has 2 amide bonds. The third-order valence-electron chi connectivity index (χ3n) is 3.19. The molecule has 0 atom stereocenters. The molecule has 0 saturated carbocycles. The fourth-order valence-corrected chi connectivity index (χ4v) is 1.99. The normalized spacial score (nSPS) is 11.1. The molecule has 0 aromatic heterocycles. The molecule has 24 heavy (non-hydrogen) atoms. The highest BCUT2D eigenvalue weighted by Crippen LogP contribution is 2.30. The fourth-order valence-electron chi connectivity index (χ4n) is 1.99. The van der Waals surface area contributed by atoms with Crippen molar-refractivity contribution >= 4 is 11.7 Å². The Morgan fingerprint density at radius 3 is 2.46 bits per heavy atom. The second kappa shape index (κ2) is 7.12. The van der Waals surface area contributed by atoms with Gasteiger partial charge in [0.2, 0.25) is 0 Å². The number of phenolic OH excluding ortho intramolecular Hbond substituents is 2. The van der Waals surface area contributed by atoms with Crippen LogP contribution in [0.25, 0.3) is 0 Å². The predicted octanol–water partition coefficient (Wildman–Crippen LogP) is 3.48. The first-order chi connectivity index (χ1) is 11.3. The standard InChI is InChI=1S/C16H15F3N2O3/c17-16(18,19)11-2-1-3-12(9-11)21-15(24)20-7-6-10-4-5-13(22)14(23)8-10/h1-5,8-9,22-23H,6-7H2,(H2,20,21,24). The third-order valence-corrected chi connectivity index (χ3v) is 3.19. The summed E-state index contributed by atoms with van der Waals surface area (Å²) < 4.78 is 37.8. The summed E-state index contributed by atoms with van der Waals surface area (Å²) in [5, 5.41) is 23.4. The Balaban J connectivity index is 1.86. The van der Waals surface area contributed by atoms with Gasteiger partial charge in [0.15, 0.2) is 11.5 Å². The number of amides is 2. The zero-order valence-corrected chi connectivity index (χ0v) is 12.4. The lowest BCUT2D eigenvalue weighted by Gasteiger charge is -2.11. The number of halogens is 3. The molecule has 0 radical (unpaired) electrons. The molecular weight excluding hydrogens is 325 g/mol. The summed E-state index contributed by atoms with van der Waals surface area (Å²) in [6, 6.07) is 7.95. The summed E-state index contributed by atoms with van der Waals surface area (Å²) >= 11 is 0. The molecule has 2 aromatic carbocycles. The van der Waals surface area contributed by atoms with Crippen molar-refractivity contribution in [2.45, 2.75) is 12.6 Å². The lowest BCUT2D eigenvalue weighted by Crippen LogP contribution is -2.30. The van der Waals surface area contributed by atoms with E-state index in [1.165, 1.54) is 24.3 Å². The van der Waals surface area contributed by atoms with E-state index in [1.54, 1.807) is 6.07 Å². The van der Waals surface area contributed by atoms with E-state index in [0.29, 0.717) is 12.0 Å². The number of hydrogen-bond acceptors (Lipinski definition) is 3. The molecule has 0 aliphatic rings. The van der Waals surface area contributed by atoms with Crippen LogP contribution in [0.15, 0.2) is 42.5 Å². The van der Waals surface area contributed by atoms with Crippen molar-refractivity contribution in [1.82, 2.24) is 5.32 Å². The van der Waals surface area contributed by atoms with Gasteiger partial charge in [0.25, 0.3) is 0 Å². The van der Waals surface area contributed by atoms with E-state index in [9.17, 15) is 28.2 Å². The number of nitrogens with one attached hydrogen (secondary N) is 2. The number of benzene rings is 2. The number of phenols is 2. The van der Waals surface area contributed by atoms with Gasteiger partial charge in [0.1, 0.15) is 0 Å². The van der Waals surface area contributed by atoms with Gasteiger partial charge in [-0.05, 0) is 42.3 Å². The molecule has 2 rings (SSSR count). The summed E-state index contributed by atoms with van der Waals surface area (Å²) in [4.78, 5) is 11.7. The summed E-state index contributed by atoms with van der Waals surface area (Å²) in [7, 11) is 0. The minimum absolute atomic E-state index is 0.0320. The number of rotatable bonds is 4. The molecule has 8 heteroatoms. The van der Waals surface area contributed by atoms with Crippen molar-refractivity contribution in [1.29, 1.82) is 0 Å². The van der Waals surface area contributed by atoms with Crippen molar-refractivity contribution in [3.05, 3.63) is 53.6 Å². The highest BCUT2D eigenvalue weighted by atomic mass is 19.4. The summed E-state index contributed by atoms with van der Waals surface area (Å²) in [5.41, 5.74) is -0.130. The number of carbonyl (C=O) groups is 1. The first-order valence-electron chi connectivity index (χ1n) is 6.98. The topological polar surface area (TPSA) is 81.6 Å². The number of anilines is 1. The number of hydrogen-bond donors (Lipinski definition) is 4. The Kier molecular flexibility index (Phi) is 5.18. The van der Waals surface area contributed by atoms with Crippen LogP contribution in [-0.4, -0.2) is 22.8 Å². The maximum absolute atomic E-state index is 12.6. The van der Waals surface area contributed by atoms with Crippen LogP contribution in [0.5, 0.6) is 11.5 Å². The van der Waals surface area contributed by atoms with E-state index >= 15 is 0 Å². The Hall–Kier alpha value is -2.90. The third kappa shape index (κ3) is 4.80. The van der Waals surface area contributed by atoms with Crippen molar-refractivity contribution in [2.75, 3.05) is 11.9 Å². The van der Waals surface area contributed by atoms with Crippen LogP contribution in [0.1, 0.15) is 11.1 Å². The van der Waals surface area contributed by atoms with Crippen LogP contribution < -0.4 is 10.6 Å². The number of alkyl halides is 3. The van der Waals surface area contributed by atoms with Gasteiger partial charge in [-0.2, -0.15) is 13.2 Å². The van der Waals surface area contributed by atoms with Gasteiger partial charge in [0, 0.05) is 12.2 Å². The quantitative estimate of drug-likeness (QED) is 0.643. The van der Waals surface area contributed by atoms with Gasteiger partial charge in [0.05, 0.1) is 5.56 Å². The summed E-state index contributed by atoms with van der Waals surface area (Å²) in [6.07, 6.45) is -4.10. The second-order valence-corrected chi connectivity index (χ2v) is 5.03. The number of urea groups is 1. The number of carbonyl (C=O) groups excluding carboxylic acids is 1. The second-order valence-electron chi connectivity index (χ2n) is 5.03. The Labute approximate surface area is 135 Å². The highest BCUT2D eigenvalue weighted by molar-refractivity contribution is 5.89. The molecule has 0 aliphatic carbocycles. The molecule has 128 valence electrons. The van der Waals surface area contributed by atoms with Crippen molar-refractivity contribution in [3.8, 4) is 11.5 Å². The van der Waals surface area contributed by atoms with Crippen LogP contribution in [0.3, 0.4) is 0 Å². The molecule has 0 aliphatic heterocycles. The molecule has 4 N–H and O–H groups in total. The first kappa shape index (κ1) is 17.5. The monoisotopic (exact) mass is 340 g/mol. The molecule has 2 aromatic rings. The van der Waals surface area contributed by atoms with E-state index in [-0.39, 0.29) is 23.7 Å². The zero-order chi connectivity index (χ0) is 17.7. The lowest BCUT2D eigenvalue weighted by atomic mass is 10.1. The van der Waals surface area contributed by atoms with Gasteiger partial charge < -0.3 is 20.8 Å². The average Bonchev–Trinajstić information content (AvgIpc) is 2.50. The van der Waals surface area contributed by atoms with Gasteiger partial charge in [-0.3, -0.25) is 0 Å². The fraction of sp³-hybridized carbons (Fsp3) is 0.188. The maximum Gasteiger partial charge on any atom is 0.416 e. The van der Waals surface area contributed by atoms with Crippen molar-refractivity contribution in [2.24, 2.45) is 0 Å². The molecule has 0 fully saturated rings. The molecule has 0 saturated heterocycles. The van der Waals surface area contributed by atoms with Crippen LogP contribution in [0, 0.1) is 0 Å². The van der Waals surface area contributed by atoms with Crippen molar-refractivity contribution in [3.63, 3.8) is 0 Å². The Morgan fingerprint density at radius 1 is 1.04 bits per heavy atom. The minimum atomic E-state index is -4.48. The van der Waals surface area contributed by atoms with Crippen LogP contribution in [0.4, 0.5) is 23.7 Å². The lowest BCUT2D eigenvalue weighted by molar-refractivity contribution is -0.137. The molecule has 5 nitrogen and oxygen atoms in total. The minimum Gasteiger partial charge on any atom is -0.504 e. The van der Waals surface area contributed by atoms with E-state index in [1.807, 2.05) is 0 Å². The maximum atomic E-state index is 12.6. The van der Waals surface area contributed by atoms with Gasteiger partial charge in [-0.25, -0.2) is 4.79 Å². The van der Waals surface area contributed by atoms with Gasteiger partial charge in [-0.1, -0.05) is 12.1 Å². The summed E-state index contributed by atoms with van der Waals surface area (Å²) in [6.45, 7) is 0.203. The first-order valence-corrected chi connectivity index (χ1v) is 6.98. The summed E-state index contributed by atoms with van der Waals surface area (Å²) in [5.74, 6) is -0.505. The predicted molar refractivity (Wildman–Crippen MR) is 81.9 cm³/mol. The SMILES string of the molecule is O=C(NCCc1ccc(O)c(O)c1)Nc1cccc(C(F)(F)F)c1. The molecular formula is C16H15F3N2O3. The smallest absolute Gasteiger partial charge is 0.416 e. The Morgan fingerprint density at radius 2 is 1.79 bits per heavy atom. The van der Waals surface area contributed by atoms with E-state index in [2.05, 4.69) is 10.6 Å². The van der Waals surface area contributed by atoms with Crippen LogP contribution in [0.2, 0.25) is 0 Å². The zero-order valence-electron chi connectivity index (χ0n) is 12.4. The average molecular weight is 340 g/mol. The van der Waals surface area contributed by atoms with E-state index in [0.717, 1.165) is 12.1 Å². The van der Waals surface area contributed by atoms with Crippen LogP contribution >= 0.6 is 0 Å². The number of aromatic hydroxyl groups is 2. The van der Waals surface area contributed by atoms with Crippen LogP contribution in [-0.2, 0) is 12.6 Å². The van der Waals surface area contributed by atoms with Gasteiger partial charge >= 0.3 is 12.2 Å². The van der Waals surface area contributed by atoms with Gasteiger partial charge in [-0.15, -0.1) is 0 Å². The largest absolute Gasteiger partial charge is 0.504 e. The van der Waals surface area contributed by atoms with E-state index in [4.69, 9.17) is 0 Å². The molecule has 0 heterocycles. The highest BCUT2D eigenvalue weighted by Gasteiger charge is 2.30. The molecule has 0 unspecified atom stereocenters. The molecule has 0 bridgehead atoms. The van der Waals surface area contributed by atoms with Crippen molar-refractivity contribution < 1.29 is 28.2 Å². The Bertz CT molecular complexity index is 733.